The van der Waals surface area contributed by atoms with Crippen LogP contribution in [0.15, 0.2) is 66.3 Å². The molecule has 1 rings (SSSR count). The summed E-state index contributed by atoms with van der Waals surface area (Å²) in [4.78, 5) is 0. The Hall–Kier alpha value is -2.02. The largest absolute Gasteiger partial charge is 0.399 e. The summed E-state index contributed by atoms with van der Waals surface area (Å²) < 4.78 is 0. The Balaban J connectivity index is 3.26. The maximum absolute atomic E-state index is 5.82. The summed E-state index contributed by atoms with van der Waals surface area (Å²) in [6.45, 7) is 10.0. The summed E-state index contributed by atoms with van der Waals surface area (Å²) >= 11 is 0. The number of rotatable bonds is 4. The Kier molecular flexibility index (Phi) is 5.19. The lowest BCUT2D eigenvalue weighted by Gasteiger charge is -2.10. The van der Waals surface area contributed by atoms with Crippen molar-refractivity contribution >= 4 is 11.3 Å². The fourth-order valence-corrected chi connectivity index (χ4v) is 1.82. The van der Waals surface area contributed by atoms with Crippen molar-refractivity contribution in [1.82, 2.24) is 0 Å². The lowest BCUT2D eigenvalue weighted by atomic mass is 9.96. The van der Waals surface area contributed by atoms with Crippen LogP contribution in [0, 0.1) is 0 Å². The van der Waals surface area contributed by atoms with Gasteiger partial charge in [-0.15, -0.1) is 0 Å². The Labute approximate surface area is 110 Å². The van der Waals surface area contributed by atoms with Gasteiger partial charge < -0.3 is 5.73 Å². The molecule has 0 heterocycles. The highest BCUT2D eigenvalue weighted by molar-refractivity contribution is 5.73. The SMILES string of the molecule is C=C/C=C(\C=C/C)C(/C)=C(/C)c1cccc(N)c1. The molecule has 0 unspecified atom stereocenters. The van der Waals surface area contributed by atoms with E-state index in [4.69, 9.17) is 5.73 Å². The maximum Gasteiger partial charge on any atom is 0.0320 e. The number of allylic oxidation sites excluding steroid dienone is 7. The Morgan fingerprint density at radius 3 is 2.56 bits per heavy atom. The molecule has 0 saturated carbocycles. The Morgan fingerprint density at radius 1 is 1.28 bits per heavy atom. The topological polar surface area (TPSA) is 26.0 Å². The molecule has 0 fully saturated rings. The molecular formula is C17H21N. The van der Waals surface area contributed by atoms with Gasteiger partial charge >= 0.3 is 0 Å². The Morgan fingerprint density at radius 2 is 2.00 bits per heavy atom. The van der Waals surface area contributed by atoms with Gasteiger partial charge in [0.05, 0.1) is 0 Å². The van der Waals surface area contributed by atoms with E-state index in [-0.39, 0.29) is 0 Å². The van der Waals surface area contributed by atoms with Gasteiger partial charge in [-0.2, -0.15) is 0 Å². The molecule has 18 heavy (non-hydrogen) atoms. The van der Waals surface area contributed by atoms with E-state index >= 15 is 0 Å². The van der Waals surface area contributed by atoms with Crippen LogP contribution in [0.1, 0.15) is 26.3 Å². The van der Waals surface area contributed by atoms with Crippen molar-refractivity contribution < 1.29 is 0 Å². The molecule has 0 amide bonds. The third kappa shape index (κ3) is 3.49. The predicted octanol–water partition coefficient (Wildman–Crippen LogP) is 4.75. The zero-order valence-electron chi connectivity index (χ0n) is 11.4. The monoisotopic (exact) mass is 239 g/mol. The number of benzene rings is 1. The molecule has 2 N–H and O–H groups in total. The summed E-state index contributed by atoms with van der Waals surface area (Å²) in [5.74, 6) is 0. The second-order valence-corrected chi connectivity index (χ2v) is 4.23. The van der Waals surface area contributed by atoms with Gasteiger partial charge in [0.1, 0.15) is 0 Å². The molecule has 0 saturated heterocycles. The van der Waals surface area contributed by atoms with E-state index in [2.05, 4.69) is 32.6 Å². The lowest BCUT2D eigenvalue weighted by molar-refractivity contribution is 1.39. The standard InChI is InChI=1S/C17H21N/c1-5-8-15(9-6-2)13(3)14(4)16-10-7-11-17(18)12-16/h5-12H,1,18H2,2-4H3/b9-6-,14-13-,15-8+. The number of hydrogen-bond donors (Lipinski definition) is 1. The van der Waals surface area contributed by atoms with Gasteiger partial charge in [0.25, 0.3) is 0 Å². The van der Waals surface area contributed by atoms with Gasteiger partial charge in [-0.05, 0) is 55.2 Å². The van der Waals surface area contributed by atoms with E-state index in [0.29, 0.717) is 0 Å². The minimum atomic E-state index is 0.792. The van der Waals surface area contributed by atoms with Gasteiger partial charge in [0, 0.05) is 5.69 Å². The van der Waals surface area contributed by atoms with Crippen molar-refractivity contribution in [2.24, 2.45) is 0 Å². The van der Waals surface area contributed by atoms with Gasteiger partial charge in [-0.1, -0.05) is 43.0 Å². The molecule has 0 aliphatic heterocycles. The van der Waals surface area contributed by atoms with E-state index in [0.717, 1.165) is 11.3 Å². The highest BCUT2D eigenvalue weighted by atomic mass is 14.5. The normalized spacial score (nSPS) is 13.6. The smallest absolute Gasteiger partial charge is 0.0320 e. The van der Waals surface area contributed by atoms with Gasteiger partial charge in [0.2, 0.25) is 0 Å². The van der Waals surface area contributed by atoms with Crippen LogP contribution in [0.25, 0.3) is 5.57 Å². The predicted molar refractivity (Wildman–Crippen MR) is 82.2 cm³/mol. The average Bonchev–Trinajstić information content (AvgIpc) is 2.37. The van der Waals surface area contributed by atoms with Crippen LogP contribution in [0.5, 0.6) is 0 Å². The summed E-state index contributed by atoms with van der Waals surface area (Å²) in [6, 6.07) is 7.96. The van der Waals surface area contributed by atoms with Gasteiger partial charge in [-0.25, -0.2) is 0 Å². The number of nitrogens with two attached hydrogens (primary N) is 1. The van der Waals surface area contributed by atoms with E-state index < -0.39 is 0 Å². The molecule has 0 aromatic heterocycles. The van der Waals surface area contributed by atoms with Crippen LogP contribution < -0.4 is 5.73 Å². The van der Waals surface area contributed by atoms with Crippen molar-refractivity contribution in [3.05, 3.63) is 71.9 Å². The fourth-order valence-electron chi connectivity index (χ4n) is 1.82. The van der Waals surface area contributed by atoms with E-state index in [9.17, 15) is 0 Å². The molecule has 1 aromatic carbocycles. The minimum absolute atomic E-state index is 0.792. The minimum Gasteiger partial charge on any atom is -0.399 e. The van der Waals surface area contributed by atoms with E-state index in [1.54, 1.807) is 0 Å². The molecular weight excluding hydrogens is 218 g/mol. The van der Waals surface area contributed by atoms with Gasteiger partial charge in [-0.3, -0.25) is 0 Å². The molecule has 0 radical (unpaired) electrons. The number of hydrogen-bond acceptors (Lipinski definition) is 1. The second-order valence-electron chi connectivity index (χ2n) is 4.23. The van der Waals surface area contributed by atoms with Crippen LogP contribution in [0.2, 0.25) is 0 Å². The van der Waals surface area contributed by atoms with Crippen molar-refractivity contribution in [3.8, 4) is 0 Å². The molecule has 0 spiro atoms. The van der Waals surface area contributed by atoms with Crippen molar-refractivity contribution in [2.75, 3.05) is 5.73 Å². The summed E-state index contributed by atoms with van der Waals surface area (Å²) in [6.07, 6.45) is 7.95. The Bertz CT molecular complexity index is 516. The maximum atomic E-state index is 5.82. The fraction of sp³-hybridized carbons (Fsp3) is 0.176. The average molecular weight is 239 g/mol. The first-order valence-corrected chi connectivity index (χ1v) is 6.09. The third-order valence-corrected chi connectivity index (χ3v) is 2.96. The zero-order valence-corrected chi connectivity index (χ0v) is 11.4. The van der Waals surface area contributed by atoms with Crippen LogP contribution in [0.4, 0.5) is 5.69 Å². The van der Waals surface area contributed by atoms with Crippen molar-refractivity contribution in [1.29, 1.82) is 0 Å². The first kappa shape index (κ1) is 14.0. The number of anilines is 1. The van der Waals surface area contributed by atoms with Gasteiger partial charge in [0.15, 0.2) is 0 Å². The van der Waals surface area contributed by atoms with Crippen LogP contribution >= 0.6 is 0 Å². The molecule has 1 aromatic rings. The van der Waals surface area contributed by atoms with E-state index in [1.807, 2.05) is 43.4 Å². The van der Waals surface area contributed by atoms with Crippen LogP contribution in [0.3, 0.4) is 0 Å². The highest BCUT2D eigenvalue weighted by Crippen LogP contribution is 2.25. The second kappa shape index (κ2) is 6.65. The summed E-state index contributed by atoms with van der Waals surface area (Å²) in [5, 5.41) is 0. The summed E-state index contributed by atoms with van der Waals surface area (Å²) in [7, 11) is 0. The van der Waals surface area contributed by atoms with Crippen molar-refractivity contribution in [2.45, 2.75) is 20.8 Å². The van der Waals surface area contributed by atoms with E-state index in [1.165, 1.54) is 16.7 Å². The first-order valence-electron chi connectivity index (χ1n) is 6.09. The molecule has 1 nitrogen and oxygen atoms in total. The quantitative estimate of drug-likeness (QED) is 0.595. The summed E-state index contributed by atoms with van der Waals surface area (Å²) in [5.41, 5.74) is 11.4. The zero-order chi connectivity index (χ0) is 13.5. The molecule has 0 atom stereocenters. The lowest BCUT2D eigenvalue weighted by Crippen LogP contribution is -1.91. The first-order chi connectivity index (χ1) is 8.60. The molecule has 1 heteroatoms. The number of nitrogen functional groups attached to an aromatic ring is 1. The third-order valence-electron chi connectivity index (χ3n) is 2.96. The highest BCUT2D eigenvalue weighted by Gasteiger charge is 2.03. The van der Waals surface area contributed by atoms with Crippen molar-refractivity contribution in [3.63, 3.8) is 0 Å². The van der Waals surface area contributed by atoms with Crippen LogP contribution in [-0.4, -0.2) is 0 Å². The molecule has 0 aliphatic carbocycles. The molecule has 0 aliphatic rings. The molecule has 94 valence electrons. The molecule has 0 bridgehead atoms. The van der Waals surface area contributed by atoms with Crippen LogP contribution in [-0.2, 0) is 0 Å².